The molecule has 0 amide bonds. The molecule has 8 aromatic carbocycles. The molecule has 9 aromatic rings. The first kappa shape index (κ1) is 35.0. The lowest BCUT2D eigenvalue weighted by atomic mass is 9.67. The molecule has 1 aromatic heterocycles. The number of nitrogens with zero attached hydrogens (tertiary/aromatic N) is 2. The van der Waals surface area contributed by atoms with Crippen molar-refractivity contribution < 1.29 is 0 Å². The first-order valence-corrected chi connectivity index (χ1v) is 20.0. The minimum absolute atomic E-state index is 0.554. The zero-order valence-corrected chi connectivity index (χ0v) is 32.5. The Labute approximate surface area is 340 Å². The van der Waals surface area contributed by atoms with Crippen LogP contribution < -0.4 is 4.90 Å². The van der Waals surface area contributed by atoms with Gasteiger partial charge in [0, 0.05) is 33.5 Å². The highest BCUT2D eigenvalue weighted by Gasteiger charge is 2.45. The van der Waals surface area contributed by atoms with Crippen LogP contribution in [0.15, 0.2) is 237 Å². The average molecular weight is 743 g/mol. The van der Waals surface area contributed by atoms with E-state index in [-0.39, 0.29) is 0 Å². The third kappa shape index (κ3) is 5.64. The molecule has 1 aliphatic carbocycles. The van der Waals surface area contributed by atoms with Gasteiger partial charge in [-0.3, -0.25) is 0 Å². The lowest BCUT2D eigenvalue weighted by Crippen LogP contribution is -2.28. The van der Waals surface area contributed by atoms with Gasteiger partial charge in [-0.05, 0) is 106 Å². The molecule has 276 valence electrons. The Balaban J connectivity index is 1.16. The Morgan fingerprint density at radius 1 is 0.500 bits per heavy atom. The van der Waals surface area contributed by atoms with Gasteiger partial charge in [-0.1, -0.05) is 176 Å². The summed E-state index contributed by atoms with van der Waals surface area (Å²) in [6.07, 6.45) is 8.41. The maximum Gasteiger partial charge on any atom is 0.0707 e. The van der Waals surface area contributed by atoms with E-state index in [1.165, 1.54) is 55.2 Å². The number of hydrogen-bond acceptors (Lipinski definition) is 1. The van der Waals surface area contributed by atoms with Crippen molar-refractivity contribution in [2.24, 2.45) is 0 Å². The molecule has 0 saturated carbocycles. The molecular formula is C56H42N2. The van der Waals surface area contributed by atoms with Gasteiger partial charge in [0.05, 0.1) is 16.4 Å². The normalized spacial score (nSPS) is 13.0. The van der Waals surface area contributed by atoms with Crippen LogP contribution in [0.3, 0.4) is 0 Å². The number of aromatic nitrogens is 1. The van der Waals surface area contributed by atoms with Crippen molar-refractivity contribution in [3.8, 4) is 27.9 Å². The molecule has 0 atom stereocenters. The average Bonchev–Trinajstić information content (AvgIpc) is 3.78. The highest BCUT2D eigenvalue weighted by Crippen LogP contribution is 2.56. The van der Waals surface area contributed by atoms with Crippen LogP contribution in [-0.4, -0.2) is 4.57 Å². The second-order valence-corrected chi connectivity index (χ2v) is 14.9. The SMILES string of the molecule is C=C(/C=C\C=C/C)C1(c2ccc(N(c3ccc(-c4ccccc4)cc3)c3ccc4c5ccccc5n(-c5ccccc5)c4c3)cc2)c2ccccc2-c2ccccc21. The molecule has 0 unspecified atom stereocenters. The minimum Gasteiger partial charge on any atom is -0.310 e. The van der Waals surface area contributed by atoms with Gasteiger partial charge in [0.25, 0.3) is 0 Å². The van der Waals surface area contributed by atoms with Crippen LogP contribution in [0.1, 0.15) is 23.6 Å². The van der Waals surface area contributed by atoms with Crippen LogP contribution in [0, 0.1) is 0 Å². The number of fused-ring (bicyclic) bond motifs is 6. The first-order valence-electron chi connectivity index (χ1n) is 20.0. The molecule has 0 radical (unpaired) electrons. The Kier molecular flexibility index (Phi) is 8.81. The van der Waals surface area contributed by atoms with Gasteiger partial charge < -0.3 is 9.47 Å². The molecule has 58 heavy (non-hydrogen) atoms. The van der Waals surface area contributed by atoms with Gasteiger partial charge in [0.2, 0.25) is 0 Å². The molecule has 0 aliphatic heterocycles. The van der Waals surface area contributed by atoms with Gasteiger partial charge in [-0.2, -0.15) is 0 Å². The summed E-state index contributed by atoms with van der Waals surface area (Å²) in [5.74, 6) is 0. The lowest BCUT2D eigenvalue weighted by molar-refractivity contribution is 0.770. The number of rotatable bonds is 9. The fourth-order valence-electron chi connectivity index (χ4n) is 9.18. The van der Waals surface area contributed by atoms with Gasteiger partial charge >= 0.3 is 0 Å². The summed E-state index contributed by atoms with van der Waals surface area (Å²) in [7, 11) is 0. The number of benzene rings is 8. The van der Waals surface area contributed by atoms with Gasteiger partial charge in [0.15, 0.2) is 0 Å². The third-order valence-electron chi connectivity index (χ3n) is 11.8. The van der Waals surface area contributed by atoms with Crippen molar-refractivity contribution in [2.75, 3.05) is 4.90 Å². The van der Waals surface area contributed by atoms with E-state index in [2.05, 4.69) is 234 Å². The van der Waals surface area contributed by atoms with Crippen LogP contribution in [0.5, 0.6) is 0 Å². The standard InChI is InChI=1S/C56H42N2/c1-3-4-7-18-40(2)56(52-26-15-12-23-48(52)49-24-13-16-27-53(49)56)43-31-35-46(36-32-43)57(45-33-29-42(30-34-45)41-19-8-5-9-20-41)47-37-38-51-50-25-14-17-28-54(50)58(55(51)39-47)44-21-10-6-11-22-44/h3-39H,2H2,1H3/b4-3-,18-7-. The van der Waals surface area contributed by atoms with E-state index in [4.69, 9.17) is 6.58 Å². The van der Waals surface area contributed by atoms with E-state index in [9.17, 15) is 0 Å². The molecule has 10 rings (SSSR count). The van der Waals surface area contributed by atoms with Gasteiger partial charge in [-0.25, -0.2) is 0 Å². The minimum atomic E-state index is -0.554. The van der Waals surface area contributed by atoms with Gasteiger partial charge in [0.1, 0.15) is 0 Å². The highest BCUT2D eigenvalue weighted by atomic mass is 15.1. The summed E-state index contributed by atoms with van der Waals surface area (Å²) in [6.45, 7) is 6.83. The van der Waals surface area contributed by atoms with E-state index < -0.39 is 5.41 Å². The molecular weight excluding hydrogens is 701 g/mol. The Hall–Kier alpha value is -7.42. The van der Waals surface area contributed by atoms with E-state index in [0.717, 1.165) is 33.8 Å². The molecule has 0 spiro atoms. The smallest absolute Gasteiger partial charge is 0.0707 e. The Bertz CT molecular complexity index is 2960. The quantitative estimate of drug-likeness (QED) is 0.134. The van der Waals surface area contributed by atoms with Crippen LogP contribution >= 0.6 is 0 Å². The number of anilines is 3. The molecule has 2 nitrogen and oxygen atoms in total. The number of hydrogen-bond donors (Lipinski definition) is 0. The second kappa shape index (κ2) is 14.6. The fraction of sp³-hybridized carbons (Fsp3) is 0.0357. The monoisotopic (exact) mass is 742 g/mol. The van der Waals surface area contributed by atoms with Crippen molar-refractivity contribution in [1.82, 2.24) is 4.57 Å². The highest BCUT2D eigenvalue weighted by molar-refractivity contribution is 6.10. The molecule has 0 saturated heterocycles. The van der Waals surface area contributed by atoms with Crippen LogP contribution in [0.2, 0.25) is 0 Å². The topological polar surface area (TPSA) is 8.17 Å². The summed E-state index contributed by atoms with van der Waals surface area (Å²) in [6, 6.07) is 72.7. The fourth-order valence-corrected chi connectivity index (χ4v) is 9.18. The van der Waals surface area contributed by atoms with Crippen LogP contribution in [-0.2, 0) is 5.41 Å². The summed E-state index contributed by atoms with van der Waals surface area (Å²) >= 11 is 0. The van der Waals surface area contributed by atoms with Crippen molar-refractivity contribution in [3.63, 3.8) is 0 Å². The molecule has 1 heterocycles. The van der Waals surface area contributed by atoms with E-state index in [1.54, 1.807) is 0 Å². The first-order chi connectivity index (χ1) is 28.7. The number of para-hydroxylation sites is 2. The number of allylic oxidation sites excluding steroid dienone is 5. The second-order valence-electron chi connectivity index (χ2n) is 14.9. The predicted octanol–water partition coefficient (Wildman–Crippen LogP) is 14.9. The Morgan fingerprint density at radius 3 is 1.71 bits per heavy atom. The molecule has 0 bridgehead atoms. The van der Waals surface area contributed by atoms with Crippen molar-refractivity contribution in [3.05, 3.63) is 253 Å². The zero-order chi connectivity index (χ0) is 39.1. The summed E-state index contributed by atoms with van der Waals surface area (Å²) < 4.78 is 2.39. The van der Waals surface area contributed by atoms with Crippen LogP contribution in [0.4, 0.5) is 17.1 Å². The van der Waals surface area contributed by atoms with Crippen molar-refractivity contribution in [1.29, 1.82) is 0 Å². The largest absolute Gasteiger partial charge is 0.310 e. The summed E-state index contributed by atoms with van der Waals surface area (Å²) in [5.41, 5.74) is 15.8. The van der Waals surface area contributed by atoms with E-state index in [0.29, 0.717) is 0 Å². The van der Waals surface area contributed by atoms with Crippen molar-refractivity contribution in [2.45, 2.75) is 12.3 Å². The van der Waals surface area contributed by atoms with Crippen LogP contribution in [0.25, 0.3) is 49.7 Å². The lowest BCUT2D eigenvalue weighted by Gasteiger charge is -2.34. The molecule has 0 fully saturated rings. The molecule has 2 heteroatoms. The third-order valence-corrected chi connectivity index (χ3v) is 11.8. The predicted molar refractivity (Wildman–Crippen MR) is 246 cm³/mol. The summed E-state index contributed by atoms with van der Waals surface area (Å²) in [5, 5.41) is 2.46. The van der Waals surface area contributed by atoms with Crippen molar-refractivity contribution >= 4 is 38.9 Å². The van der Waals surface area contributed by atoms with E-state index in [1.807, 2.05) is 6.92 Å². The van der Waals surface area contributed by atoms with Gasteiger partial charge in [-0.15, -0.1) is 0 Å². The maximum absolute atomic E-state index is 4.79. The molecule has 1 aliphatic rings. The Morgan fingerprint density at radius 2 is 1.03 bits per heavy atom. The summed E-state index contributed by atoms with van der Waals surface area (Å²) in [4.78, 5) is 2.38. The molecule has 0 N–H and O–H groups in total. The zero-order valence-electron chi connectivity index (χ0n) is 32.5. The maximum atomic E-state index is 4.79. The van der Waals surface area contributed by atoms with E-state index >= 15 is 0 Å².